The SMILES string of the molecule is FC(F)(F)COCCn1c(-c2cccnc2)n[nH]c1=S. The maximum absolute atomic E-state index is 12.0. The normalized spacial score (nSPS) is 11.8. The summed E-state index contributed by atoms with van der Waals surface area (Å²) >= 11 is 5.04. The summed E-state index contributed by atoms with van der Waals surface area (Å²) < 4.78 is 42.4. The fraction of sp³-hybridized carbons (Fsp3) is 0.364. The molecule has 0 aliphatic carbocycles. The molecule has 2 heterocycles. The molecule has 0 saturated carbocycles. The number of pyridine rings is 1. The standard InChI is InChI=1S/C11H11F3N4OS/c12-11(13,14)7-19-5-4-18-9(16-17-10(18)20)8-2-1-3-15-6-8/h1-3,6H,4-5,7H2,(H,17,20). The minimum absolute atomic E-state index is 0.111. The number of hydrogen-bond acceptors (Lipinski definition) is 4. The van der Waals surface area contributed by atoms with E-state index in [-0.39, 0.29) is 13.2 Å². The van der Waals surface area contributed by atoms with Gasteiger partial charge >= 0.3 is 6.18 Å². The summed E-state index contributed by atoms with van der Waals surface area (Å²) in [5.41, 5.74) is 0.718. The van der Waals surface area contributed by atoms with Crippen LogP contribution in [0, 0.1) is 4.77 Å². The van der Waals surface area contributed by atoms with Crippen LogP contribution in [0.25, 0.3) is 11.4 Å². The fourth-order valence-electron chi connectivity index (χ4n) is 1.58. The maximum atomic E-state index is 12.0. The van der Waals surface area contributed by atoms with Crippen molar-refractivity contribution in [3.05, 3.63) is 29.3 Å². The highest BCUT2D eigenvalue weighted by Crippen LogP contribution is 2.16. The van der Waals surface area contributed by atoms with E-state index in [4.69, 9.17) is 12.2 Å². The Morgan fingerprint density at radius 2 is 2.20 bits per heavy atom. The number of nitrogens with zero attached hydrogens (tertiary/aromatic N) is 3. The lowest BCUT2D eigenvalue weighted by Gasteiger charge is -2.09. The van der Waals surface area contributed by atoms with Gasteiger partial charge in [-0.1, -0.05) is 0 Å². The van der Waals surface area contributed by atoms with Crippen LogP contribution in [0.2, 0.25) is 0 Å². The van der Waals surface area contributed by atoms with Gasteiger partial charge in [0, 0.05) is 18.0 Å². The molecule has 5 nitrogen and oxygen atoms in total. The molecule has 2 aromatic heterocycles. The van der Waals surface area contributed by atoms with Crippen molar-refractivity contribution in [2.75, 3.05) is 13.2 Å². The molecular weight excluding hydrogens is 293 g/mol. The van der Waals surface area contributed by atoms with Crippen molar-refractivity contribution in [2.24, 2.45) is 0 Å². The van der Waals surface area contributed by atoms with Gasteiger partial charge in [0.15, 0.2) is 10.6 Å². The summed E-state index contributed by atoms with van der Waals surface area (Å²) in [4.78, 5) is 3.96. The number of aromatic amines is 1. The number of rotatable bonds is 5. The van der Waals surface area contributed by atoms with E-state index in [9.17, 15) is 13.2 Å². The average molecular weight is 304 g/mol. The van der Waals surface area contributed by atoms with Crippen molar-refractivity contribution in [3.8, 4) is 11.4 Å². The Balaban J connectivity index is 2.05. The zero-order chi connectivity index (χ0) is 14.6. The van der Waals surface area contributed by atoms with Crippen molar-refractivity contribution >= 4 is 12.2 Å². The summed E-state index contributed by atoms with van der Waals surface area (Å²) in [7, 11) is 0. The first kappa shape index (κ1) is 14.7. The number of hydrogen-bond donors (Lipinski definition) is 1. The molecule has 2 aromatic rings. The van der Waals surface area contributed by atoms with E-state index in [2.05, 4.69) is 19.9 Å². The van der Waals surface area contributed by atoms with Gasteiger partial charge in [0.1, 0.15) is 6.61 Å². The molecule has 9 heteroatoms. The van der Waals surface area contributed by atoms with Gasteiger partial charge in [-0.25, -0.2) is 0 Å². The van der Waals surface area contributed by atoms with E-state index in [1.54, 1.807) is 29.1 Å². The second kappa shape index (κ2) is 6.14. The van der Waals surface area contributed by atoms with Gasteiger partial charge in [-0.15, -0.1) is 0 Å². The molecule has 0 unspecified atom stereocenters. The Bertz CT molecular complexity index is 608. The van der Waals surface area contributed by atoms with Gasteiger partial charge in [-0.3, -0.25) is 14.6 Å². The molecule has 0 aromatic carbocycles. The molecular formula is C11H11F3N4OS. The van der Waals surface area contributed by atoms with Crippen LogP contribution in [0.3, 0.4) is 0 Å². The highest BCUT2D eigenvalue weighted by molar-refractivity contribution is 7.71. The molecule has 0 aliphatic rings. The predicted octanol–water partition coefficient (Wildman–Crippen LogP) is 2.58. The van der Waals surface area contributed by atoms with Crippen LogP contribution in [0.5, 0.6) is 0 Å². The number of halogens is 3. The van der Waals surface area contributed by atoms with E-state index in [0.717, 1.165) is 5.56 Å². The summed E-state index contributed by atoms with van der Waals surface area (Å²) in [6.07, 6.45) is -1.12. The largest absolute Gasteiger partial charge is 0.411 e. The molecule has 108 valence electrons. The lowest BCUT2D eigenvalue weighted by molar-refractivity contribution is -0.174. The molecule has 2 rings (SSSR count). The lowest BCUT2D eigenvalue weighted by atomic mass is 10.3. The Kier molecular flexibility index (Phi) is 4.50. The van der Waals surface area contributed by atoms with Gasteiger partial charge in [-0.05, 0) is 24.4 Å². The second-order valence-corrected chi connectivity index (χ2v) is 4.30. The van der Waals surface area contributed by atoms with Crippen molar-refractivity contribution < 1.29 is 17.9 Å². The van der Waals surface area contributed by atoms with Crippen LogP contribution in [0.1, 0.15) is 0 Å². The van der Waals surface area contributed by atoms with Crippen molar-refractivity contribution in [3.63, 3.8) is 0 Å². The molecule has 0 atom stereocenters. The Morgan fingerprint density at radius 1 is 1.40 bits per heavy atom. The molecule has 0 aliphatic heterocycles. The van der Waals surface area contributed by atoms with Gasteiger partial charge in [0.05, 0.1) is 13.2 Å². The van der Waals surface area contributed by atoms with Gasteiger partial charge in [0.2, 0.25) is 0 Å². The number of H-pyrrole nitrogens is 1. The number of aromatic nitrogens is 4. The van der Waals surface area contributed by atoms with Gasteiger partial charge < -0.3 is 4.74 Å². The lowest BCUT2D eigenvalue weighted by Crippen LogP contribution is -2.19. The highest BCUT2D eigenvalue weighted by Gasteiger charge is 2.27. The first-order valence-electron chi connectivity index (χ1n) is 5.67. The molecule has 0 radical (unpaired) electrons. The van der Waals surface area contributed by atoms with Gasteiger partial charge in [0.25, 0.3) is 0 Å². The number of alkyl halides is 3. The third kappa shape index (κ3) is 3.87. The fourth-order valence-corrected chi connectivity index (χ4v) is 1.81. The first-order chi connectivity index (χ1) is 9.47. The first-order valence-corrected chi connectivity index (χ1v) is 6.08. The minimum atomic E-state index is -4.33. The molecule has 0 spiro atoms. The topological polar surface area (TPSA) is 55.7 Å². The Hall–Kier alpha value is -1.74. The Labute approximate surface area is 117 Å². The monoisotopic (exact) mass is 304 g/mol. The average Bonchev–Trinajstić information content (AvgIpc) is 2.76. The number of nitrogens with one attached hydrogen (secondary N) is 1. The molecule has 20 heavy (non-hydrogen) atoms. The molecule has 1 N–H and O–H groups in total. The second-order valence-electron chi connectivity index (χ2n) is 3.91. The third-order valence-corrected chi connectivity index (χ3v) is 2.71. The quantitative estimate of drug-likeness (QED) is 0.681. The van der Waals surface area contributed by atoms with Gasteiger partial charge in [-0.2, -0.15) is 18.3 Å². The third-order valence-electron chi connectivity index (χ3n) is 2.40. The van der Waals surface area contributed by atoms with Crippen LogP contribution in [0.4, 0.5) is 13.2 Å². The van der Waals surface area contributed by atoms with E-state index in [1.807, 2.05) is 0 Å². The zero-order valence-corrected chi connectivity index (χ0v) is 11.0. The van der Waals surface area contributed by atoms with E-state index < -0.39 is 12.8 Å². The Morgan fingerprint density at radius 3 is 2.85 bits per heavy atom. The smallest absolute Gasteiger partial charge is 0.370 e. The van der Waals surface area contributed by atoms with Crippen LogP contribution in [-0.2, 0) is 11.3 Å². The summed E-state index contributed by atoms with van der Waals surface area (Å²) in [5.74, 6) is 0.513. The van der Waals surface area contributed by atoms with Crippen molar-refractivity contribution in [1.82, 2.24) is 19.7 Å². The highest BCUT2D eigenvalue weighted by atomic mass is 32.1. The van der Waals surface area contributed by atoms with E-state index in [0.29, 0.717) is 10.6 Å². The molecule has 0 saturated heterocycles. The van der Waals surface area contributed by atoms with Crippen molar-refractivity contribution in [2.45, 2.75) is 12.7 Å². The van der Waals surface area contributed by atoms with E-state index >= 15 is 0 Å². The predicted molar refractivity (Wildman–Crippen MR) is 67.5 cm³/mol. The number of ether oxygens (including phenoxy) is 1. The van der Waals surface area contributed by atoms with Crippen LogP contribution >= 0.6 is 12.2 Å². The van der Waals surface area contributed by atoms with Crippen LogP contribution in [0.15, 0.2) is 24.5 Å². The van der Waals surface area contributed by atoms with Crippen LogP contribution < -0.4 is 0 Å². The summed E-state index contributed by atoms with van der Waals surface area (Å²) in [6, 6.07) is 3.52. The summed E-state index contributed by atoms with van der Waals surface area (Å²) in [5, 5.41) is 6.64. The summed E-state index contributed by atoms with van der Waals surface area (Å²) in [6.45, 7) is -1.21. The molecule has 0 bridgehead atoms. The van der Waals surface area contributed by atoms with E-state index in [1.165, 1.54) is 0 Å². The van der Waals surface area contributed by atoms with Crippen LogP contribution in [-0.4, -0.2) is 39.1 Å². The molecule has 0 amide bonds. The van der Waals surface area contributed by atoms with Crippen molar-refractivity contribution in [1.29, 1.82) is 0 Å². The maximum Gasteiger partial charge on any atom is 0.411 e. The zero-order valence-electron chi connectivity index (χ0n) is 10.2. The molecule has 0 fully saturated rings. The minimum Gasteiger partial charge on any atom is -0.370 e.